The molecule has 1 aromatic carbocycles. The van der Waals surface area contributed by atoms with E-state index in [-0.39, 0.29) is 11.8 Å². The maximum Gasteiger partial charge on any atom is 0.237 e. The molecule has 0 unspecified atom stereocenters. The summed E-state index contributed by atoms with van der Waals surface area (Å²) in [6.45, 7) is 7.10. The maximum atomic E-state index is 13.0. The zero-order valence-electron chi connectivity index (χ0n) is 16.4. The minimum Gasteiger partial charge on any atom is -0.355 e. The molecule has 0 atom stereocenters. The summed E-state index contributed by atoms with van der Waals surface area (Å²) in [6.07, 6.45) is 7.99. The van der Waals surface area contributed by atoms with Gasteiger partial charge in [-0.25, -0.2) is 0 Å². The molecule has 142 valence electrons. The topological polar surface area (TPSA) is 49.4 Å². The van der Waals surface area contributed by atoms with E-state index in [9.17, 15) is 9.59 Å². The highest BCUT2D eigenvalue weighted by molar-refractivity contribution is 6.04. The number of nitrogens with zero attached hydrogens (tertiary/aromatic N) is 1. The third-order valence-corrected chi connectivity index (χ3v) is 5.10. The summed E-state index contributed by atoms with van der Waals surface area (Å²) in [5.74, 6) is -0.316. The Morgan fingerprint density at radius 3 is 2.50 bits per heavy atom. The first-order chi connectivity index (χ1) is 12.4. The van der Waals surface area contributed by atoms with Crippen LogP contribution in [-0.4, -0.2) is 29.8 Å². The van der Waals surface area contributed by atoms with E-state index in [0.29, 0.717) is 19.6 Å². The second-order valence-electron chi connectivity index (χ2n) is 7.54. The average Bonchev–Trinajstić information content (AvgIpc) is 2.67. The van der Waals surface area contributed by atoms with Crippen molar-refractivity contribution < 1.29 is 9.59 Å². The molecule has 26 heavy (non-hydrogen) atoms. The van der Waals surface area contributed by atoms with Crippen molar-refractivity contribution in [3.63, 3.8) is 0 Å². The molecule has 0 spiro atoms. The van der Waals surface area contributed by atoms with Crippen molar-refractivity contribution >= 4 is 11.8 Å². The molecule has 0 radical (unpaired) electrons. The zero-order valence-corrected chi connectivity index (χ0v) is 16.4. The summed E-state index contributed by atoms with van der Waals surface area (Å²) in [5.41, 5.74) is 1.44. The summed E-state index contributed by atoms with van der Waals surface area (Å²) in [5, 5.41) is 2.97. The monoisotopic (exact) mass is 356 g/mol. The van der Waals surface area contributed by atoms with E-state index in [1.165, 1.54) is 18.4 Å². The highest BCUT2D eigenvalue weighted by atomic mass is 16.2. The van der Waals surface area contributed by atoms with Crippen LogP contribution in [0.15, 0.2) is 42.0 Å². The molecule has 1 aromatic rings. The molecule has 4 heteroatoms. The van der Waals surface area contributed by atoms with Gasteiger partial charge in [-0.05, 0) is 58.4 Å². The van der Waals surface area contributed by atoms with Gasteiger partial charge in [0.25, 0.3) is 0 Å². The standard InChI is InChI=1S/C22H32N2O2/c1-4-24(17-19-13-9-6-10-14-19)21(26)22(2,3)20(25)23-16-15-18-11-7-5-8-12-18/h6,9-11,13-14H,4-5,7-8,12,15-17H2,1-3H3,(H,23,25). The second kappa shape index (κ2) is 9.56. The van der Waals surface area contributed by atoms with Gasteiger partial charge in [0.2, 0.25) is 11.8 Å². The van der Waals surface area contributed by atoms with Crippen LogP contribution < -0.4 is 5.32 Å². The fraction of sp³-hybridized carbons (Fsp3) is 0.545. The summed E-state index contributed by atoms with van der Waals surface area (Å²) in [7, 11) is 0. The highest BCUT2D eigenvalue weighted by Crippen LogP contribution is 2.22. The summed E-state index contributed by atoms with van der Waals surface area (Å²) < 4.78 is 0. The van der Waals surface area contributed by atoms with Gasteiger partial charge in [0.15, 0.2) is 0 Å². The summed E-state index contributed by atoms with van der Waals surface area (Å²) in [6, 6.07) is 9.89. The first-order valence-electron chi connectivity index (χ1n) is 9.74. The normalized spacial score (nSPS) is 14.5. The Morgan fingerprint density at radius 1 is 1.15 bits per heavy atom. The fourth-order valence-corrected chi connectivity index (χ4v) is 3.31. The number of nitrogens with one attached hydrogen (secondary N) is 1. The second-order valence-corrected chi connectivity index (χ2v) is 7.54. The predicted molar refractivity (Wildman–Crippen MR) is 105 cm³/mol. The molecular weight excluding hydrogens is 324 g/mol. The Hall–Kier alpha value is -2.10. The van der Waals surface area contributed by atoms with Crippen LogP contribution in [0.2, 0.25) is 0 Å². The highest BCUT2D eigenvalue weighted by Gasteiger charge is 2.38. The molecule has 0 heterocycles. The van der Waals surface area contributed by atoms with Crippen LogP contribution in [-0.2, 0) is 16.1 Å². The van der Waals surface area contributed by atoms with Crippen molar-refractivity contribution in [3.05, 3.63) is 47.5 Å². The number of hydrogen-bond donors (Lipinski definition) is 1. The summed E-state index contributed by atoms with van der Waals surface area (Å²) >= 11 is 0. The lowest BCUT2D eigenvalue weighted by molar-refractivity contribution is -0.148. The third kappa shape index (κ3) is 5.45. The molecule has 1 N–H and O–H groups in total. The smallest absolute Gasteiger partial charge is 0.237 e. The zero-order chi connectivity index (χ0) is 19.0. The van der Waals surface area contributed by atoms with Crippen molar-refractivity contribution in [3.8, 4) is 0 Å². The van der Waals surface area contributed by atoms with E-state index < -0.39 is 5.41 Å². The van der Waals surface area contributed by atoms with Gasteiger partial charge >= 0.3 is 0 Å². The van der Waals surface area contributed by atoms with E-state index in [0.717, 1.165) is 24.8 Å². The lowest BCUT2D eigenvalue weighted by Crippen LogP contribution is -2.49. The summed E-state index contributed by atoms with van der Waals surface area (Å²) in [4.78, 5) is 27.4. The van der Waals surface area contributed by atoms with Gasteiger partial charge < -0.3 is 10.2 Å². The van der Waals surface area contributed by atoms with Gasteiger partial charge in [0, 0.05) is 19.6 Å². The largest absolute Gasteiger partial charge is 0.355 e. The van der Waals surface area contributed by atoms with Crippen LogP contribution in [0.25, 0.3) is 0 Å². The Labute approximate surface area is 157 Å². The van der Waals surface area contributed by atoms with Crippen LogP contribution in [0.4, 0.5) is 0 Å². The molecule has 2 amide bonds. The predicted octanol–water partition coefficient (Wildman–Crippen LogP) is 4.07. The van der Waals surface area contributed by atoms with Crippen molar-refractivity contribution in [2.24, 2.45) is 5.41 Å². The van der Waals surface area contributed by atoms with Gasteiger partial charge in [-0.2, -0.15) is 0 Å². The van der Waals surface area contributed by atoms with Gasteiger partial charge in [-0.15, -0.1) is 0 Å². The number of amides is 2. The maximum absolute atomic E-state index is 13.0. The van der Waals surface area contributed by atoms with Crippen molar-refractivity contribution in [1.82, 2.24) is 10.2 Å². The van der Waals surface area contributed by atoms with E-state index in [1.807, 2.05) is 37.3 Å². The minimum atomic E-state index is -1.06. The van der Waals surface area contributed by atoms with Gasteiger partial charge in [-0.1, -0.05) is 42.0 Å². The molecule has 1 aliphatic carbocycles. The van der Waals surface area contributed by atoms with Crippen LogP contribution in [0.5, 0.6) is 0 Å². The first-order valence-corrected chi connectivity index (χ1v) is 9.74. The van der Waals surface area contributed by atoms with Crippen LogP contribution in [0.3, 0.4) is 0 Å². The number of allylic oxidation sites excluding steroid dienone is 1. The number of benzene rings is 1. The van der Waals surface area contributed by atoms with E-state index in [1.54, 1.807) is 18.7 Å². The van der Waals surface area contributed by atoms with Gasteiger partial charge in [0.1, 0.15) is 5.41 Å². The molecule has 0 fully saturated rings. The molecule has 0 bridgehead atoms. The molecule has 0 saturated heterocycles. The average molecular weight is 357 g/mol. The number of carbonyl (C=O) groups is 2. The Kier molecular flexibility index (Phi) is 7.43. The fourth-order valence-electron chi connectivity index (χ4n) is 3.31. The Bertz CT molecular complexity index is 635. The van der Waals surface area contributed by atoms with Crippen LogP contribution in [0.1, 0.15) is 58.4 Å². The molecule has 0 aliphatic heterocycles. The van der Waals surface area contributed by atoms with Gasteiger partial charge in [0.05, 0.1) is 0 Å². The van der Waals surface area contributed by atoms with Crippen molar-refractivity contribution in [1.29, 1.82) is 0 Å². The SMILES string of the molecule is CCN(Cc1ccccc1)C(=O)C(C)(C)C(=O)NCCC1=CCCCC1. The third-order valence-electron chi connectivity index (χ3n) is 5.10. The quantitative estimate of drug-likeness (QED) is 0.564. The van der Waals surface area contributed by atoms with Crippen LogP contribution >= 0.6 is 0 Å². The number of rotatable bonds is 8. The minimum absolute atomic E-state index is 0.127. The Morgan fingerprint density at radius 2 is 1.88 bits per heavy atom. The molecule has 4 nitrogen and oxygen atoms in total. The van der Waals surface area contributed by atoms with Crippen molar-refractivity contribution in [2.45, 2.75) is 59.4 Å². The van der Waals surface area contributed by atoms with Crippen LogP contribution in [0, 0.1) is 5.41 Å². The lowest BCUT2D eigenvalue weighted by atomic mass is 9.89. The molecule has 2 rings (SSSR count). The molecule has 1 aliphatic rings. The Balaban J connectivity index is 1.91. The van der Waals surface area contributed by atoms with Crippen molar-refractivity contribution in [2.75, 3.05) is 13.1 Å². The molecule has 0 aromatic heterocycles. The van der Waals surface area contributed by atoms with E-state index in [2.05, 4.69) is 11.4 Å². The van der Waals surface area contributed by atoms with Gasteiger partial charge in [-0.3, -0.25) is 9.59 Å². The van der Waals surface area contributed by atoms with E-state index in [4.69, 9.17) is 0 Å². The van der Waals surface area contributed by atoms with E-state index >= 15 is 0 Å². The first kappa shape index (κ1) is 20.2. The molecular formula is C22H32N2O2. The number of carbonyl (C=O) groups excluding carboxylic acids is 2. The molecule has 0 saturated carbocycles. The number of hydrogen-bond acceptors (Lipinski definition) is 2. The lowest BCUT2D eigenvalue weighted by Gasteiger charge is -2.30.